The predicted molar refractivity (Wildman–Crippen MR) is 71.3 cm³/mol. The van der Waals surface area contributed by atoms with Crippen LogP contribution in [0.4, 0.5) is 0 Å². The lowest BCUT2D eigenvalue weighted by molar-refractivity contribution is -0.00598. The number of methoxy groups -OCH3 is 1. The molecule has 3 unspecified atom stereocenters. The van der Waals surface area contributed by atoms with Gasteiger partial charge in [-0.1, -0.05) is 13.3 Å². The standard InChI is InChI=1S/C14H28N2O/c1-12-6-9-16(11-14(12)17-2)10-7-13-5-3-4-8-15-13/h12-15H,3-11H2,1-2H3. The molecule has 0 saturated carbocycles. The zero-order valence-electron chi connectivity index (χ0n) is 11.5. The molecule has 0 bridgehead atoms. The summed E-state index contributed by atoms with van der Waals surface area (Å²) in [5.74, 6) is 0.726. The highest BCUT2D eigenvalue weighted by atomic mass is 16.5. The molecular weight excluding hydrogens is 212 g/mol. The van der Waals surface area contributed by atoms with Gasteiger partial charge in [-0.2, -0.15) is 0 Å². The Bertz CT molecular complexity index is 216. The summed E-state index contributed by atoms with van der Waals surface area (Å²) in [4.78, 5) is 2.59. The predicted octanol–water partition coefficient (Wildman–Crippen LogP) is 1.88. The largest absolute Gasteiger partial charge is 0.380 e. The molecule has 2 rings (SSSR count). The molecule has 0 amide bonds. The van der Waals surface area contributed by atoms with E-state index in [-0.39, 0.29) is 0 Å². The molecule has 2 aliphatic heterocycles. The number of ether oxygens (including phenoxy) is 1. The first-order chi connectivity index (χ1) is 8.29. The van der Waals surface area contributed by atoms with Crippen molar-refractivity contribution in [2.45, 2.75) is 51.2 Å². The molecule has 2 saturated heterocycles. The molecule has 0 aromatic rings. The number of hydrogen-bond acceptors (Lipinski definition) is 3. The summed E-state index contributed by atoms with van der Waals surface area (Å²) < 4.78 is 5.57. The van der Waals surface area contributed by atoms with Crippen molar-refractivity contribution in [1.29, 1.82) is 0 Å². The van der Waals surface area contributed by atoms with Crippen LogP contribution in [0.15, 0.2) is 0 Å². The zero-order valence-corrected chi connectivity index (χ0v) is 11.5. The monoisotopic (exact) mass is 240 g/mol. The second kappa shape index (κ2) is 6.72. The van der Waals surface area contributed by atoms with E-state index in [1.165, 1.54) is 51.7 Å². The Morgan fingerprint density at radius 1 is 1.29 bits per heavy atom. The quantitative estimate of drug-likeness (QED) is 0.812. The molecular formula is C14H28N2O. The second-order valence-corrected chi connectivity index (χ2v) is 5.78. The van der Waals surface area contributed by atoms with E-state index in [1.807, 2.05) is 7.11 Å². The van der Waals surface area contributed by atoms with Crippen LogP contribution >= 0.6 is 0 Å². The van der Waals surface area contributed by atoms with Crippen LogP contribution in [-0.2, 0) is 4.74 Å². The normalized spacial score (nSPS) is 36.0. The van der Waals surface area contributed by atoms with Gasteiger partial charge in [-0.25, -0.2) is 0 Å². The highest BCUT2D eigenvalue weighted by Crippen LogP contribution is 2.20. The Hall–Kier alpha value is -0.120. The summed E-state index contributed by atoms with van der Waals surface area (Å²) in [5, 5.41) is 3.63. The molecule has 3 nitrogen and oxygen atoms in total. The minimum absolute atomic E-state index is 0.447. The Balaban J connectivity index is 1.68. The van der Waals surface area contributed by atoms with Gasteiger partial charge < -0.3 is 15.0 Å². The van der Waals surface area contributed by atoms with Gasteiger partial charge in [0.1, 0.15) is 0 Å². The second-order valence-electron chi connectivity index (χ2n) is 5.78. The van der Waals surface area contributed by atoms with Crippen molar-refractivity contribution in [3.8, 4) is 0 Å². The molecule has 17 heavy (non-hydrogen) atoms. The number of nitrogens with zero attached hydrogens (tertiary/aromatic N) is 1. The number of likely N-dealkylation sites (tertiary alicyclic amines) is 1. The molecule has 3 atom stereocenters. The van der Waals surface area contributed by atoms with Crippen LogP contribution in [-0.4, -0.2) is 50.3 Å². The Morgan fingerprint density at radius 3 is 2.88 bits per heavy atom. The van der Waals surface area contributed by atoms with Crippen molar-refractivity contribution in [3.05, 3.63) is 0 Å². The van der Waals surface area contributed by atoms with Gasteiger partial charge in [-0.05, 0) is 51.2 Å². The smallest absolute Gasteiger partial charge is 0.0724 e. The van der Waals surface area contributed by atoms with Gasteiger partial charge in [0.15, 0.2) is 0 Å². The minimum Gasteiger partial charge on any atom is -0.380 e. The van der Waals surface area contributed by atoms with E-state index in [9.17, 15) is 0 Å². The molecule has 2 heterocycles. The van der Waals surface area contributed by atoms with Crippen LogP contribution in [0.3, 0.4) is 0 Å². The Morgan fingerprint density at radius 2 is 2.18 bits per heavy atom. The first kappa shape index (κ1) is 13.3. The Kier molecular flexibility index (Phi) is 5.26. The van der Waals surface area contributed by atoms with E-state index >= 15 is 0 Å². The molecule has 2 fully saturated rings. The first-order valence-corrected chi connectivity index (χ1v) is 7.28. The fraction of sp³-hybridized carbons (Fsp3) is 1.00. The molecule has 100 valence electrons. The average molecular weight is 240 g/mol. The van der Waals surface area contributed by atoms with Crippen LogP contribution in [0.5, 0.6) is 0 Å². The molecule has 0 aliphatic carbocycles. The van der Waals surface area contributed by atoms with Crippen molar-refractivity contribution in [3.63, 3.8) is 0 Å². The van der Waals surface area contributed by atoms with Crippen molar-refractivity contribution < 1.29 is 4.74 Å². The van der Waals surface area contributed by atoms with E-state index in [4.69, 9.17) is 4.74 Å². The molecule has 3 heteroatoms. The zero-order chi connectivity index (χ0) is 12.1. The van der Waals surface area contributed by atoms with Crippen LogP contribution < -0.4 is 5.32 Å². The number of piperidine rings is 2. The molecule has 0 radical (unpaired) electrons. The fourth-order valence-corrected chi connectivity index (χ4v) is 3.12. The van der Waals surface area contributed by atoms with Crippen molar-refractivity contribution in [1.82, 2.24) is 10.2 Å². The van der Waals surface area contributed by atoms with Crippen molar-refractivity contribution >= 4 is 0 Å². The maximum Gasteiger partial charge on any atom is 0.0724 e. The topological polar surface area (TPSA) is 24.5 Å². The van der Waals surface area contributed by atoms with Crippen LogP contribution in [0.1, 0.15) is 39.0 Å². The van der Waals surface area contributed by atoms with Crippen molar-refractivity contribution in [2.24, 2.45) is 5.92 Å². The van der Waals surface area contributed by atoms with Crippen LogP contribution in [0, 0.1) is 5.92 Å². The number of rotatable bonds is 4. The van der Waals surface area contributed by atoms with Gasteiger partial charge in [0.25, 0.3) is 0 Å². The third-order valence-electron chi connectivity index (χ3n) is 4.48. The lowest BCUT2D eigenvalue weighted by Crippen LogP contribution is -2.45. The molecule has 2 aliphatic rings. The van der Waals surface area contributed by atoms with Gasteiger partial charge in [0, 0.05) is 19.7 Å². The third kappa shape index (κ3) is 3.94. The van der Waals surface area contributed by atoms with Gasteiger partial charge in [0.05, 0.1) is 6.10 Å². The van der Waals surface area contributed by atoms with E-state index in [0.29, 0.717) is 6.10 Å². The van der Waals surface area contributed by atoms with E-state index in [2.05, 4.69) is 17.1 Å². The molecule has 0 aromatic heterocycles. The third-order valence-corrected chi connectivity index (χ3v) is 4.48. The SMILES string of the molecule is COC1CN(CCC2CCCCN2)CCC1C. The lowest BCUT2D eigenvalue weighted by Gasteiger charge is -2.37. The van der Waals surface area contributed by atoms with Crippen molar-refractivity contribution in [2.75, 3.05) is 33.3 Å². The van der Waals surface area contributed by atoms with Gasteiger partial charge in [0.2, 0.25) is 0 Å². The summed E-state index contributed by atoms with van der Waals surface area (Å²) in [5.41, 5.74) is 0. The maximum absolute atomic E-state index is 5.57. The van der Waals surface area contributed by atoms with Crippen LogP contribution in [0.25, 0.3) is 0 Å². The fourth-order valence-electron chi connectivity index (χ4n) is 3.12. The molecule has 0 aromatic carbocycles. The summed E-state index contributed by atoms with van der Waals surface area (Å²) in [6.45, 7) is 7.17. The summed E-state index contributed by atoms with van der Waals surface area (Å²) in [7, 11) is 1.85. The number of nitrogens with one attached hydrogen (secondary N) is 1. The Labute approximate surface area is 106 Å². The van der Waals surface area contributed by atoms with Gasteiger partial charge >= 0.3 is 0 Å². The lowest BCUT2D eigenvalue weighted by atomic mass is 9.95. The summed E-state index contributed by atoms with van der Waals surface area (Å²) in [6, 6.07) is 0.768. The van der Waals surface area contributed by atoms with Crippen LogP contribution in [0.2, 0.25) is 0 Å². The van der Waals surface area contributed by atoms with E-state index in [0.717, 1.165) is 18.5 Å². The maximum atomic E-state index is 5.57. The molecule has 1 N–H and O–H groups in total. The first-order valence-electron chi connectivity index (χ1n) is 7.28. The average Bonchev–Trinajstić information content (AvgIpc) is 2.39. The van der Waals surface area contributed by atoms with Gasteiger partial charge in [-0.3, -0.25) is 0 Å². The van der Waals surface area contributed by atoms with Gasteiger partial charge in [-0.15, -0.1) is 0 Å². The van der Waals surface area contributed by atoms with E-state index < -0.39 is 0 Å². The number of hydrogen-bond donors (Lipinski definition) is 1. The minimum atomic E-state index is 0.447. The molecule has 0 spiro atoms. The summed E-state index contributed by atoms with van der Waals surface area (Å²) in [6.07, 6.45) is 7.20. The van der Waals surface area contributed by atoms with E-state index in [1.54, 1.807) is 0 Å². The highest BCUT2D eigenvalue weighted by Gasteiger charge is 2.26. The highest BCUT2D eigenvalue weighted by molar-refractivity contribution is 4.80. The summed E-state index contributed by atoms with van der Waals surface area (Å²) >= 11 is 0.